The van der Waals surface area contributed by atoms with Gasteiger partial charge in [-0.15, -0.1) is 0 Å². The van der Waals surface area contributed by atoms with Gasteiger partial charge in [-0.3, -0.25) is 4.79 Å². The first-order chi connectivity index (χ1) is 14.8. The summed E-state index contributed by atoms with van der Waals surface area (Å²) in [4.78, 5) is 11.7. The van der Waals surface area contributed by atoms with E-state index in [0.29, 0.717) is 36.7 Å². The molecule has 31 heavy (non-hydrogen) atoms. The van der Waals surface area contributed by atoms with Gasteiger partial charge in [-0.2, -0.15) is 4.31 Å². The number of carbonyl (C=O) groups is 1. The zero-order chi connectivity index (χ0) is 22.6. The van der Waals surface area contributed by atoms with Gasteiger partial charge in [-0.1, -0.05) is 12.1 Å². The van der Waals surface area contributed by atoms with Crippen LogP contribution in [0.1, 0.15) is 37.4 Å². The molecular formula is C22H26FNO6S. The maximum absolute atomic E-state index is 14.4. The van der Waals surface area contributed by atoms with Gasteiger partial charge in [0.1, 0.15) is 10.7 Å². The molecule has 2 aromatic carbocycles. The predicted molar refractivity (Wildman–Crippen MR) is 112 cm³/mol. The van der Waals surface area contributed by atoms with Crippen molar-refractivity contribution in [3.63, 3.8) is 0 Å². The molecule has 0 bridgehead atoms. The summed E-state index contributed by atoms with van der Waals surface area (Å²) in [5.41, 5.74) is 1.46. The lowest BCUT2D eigenvalue weighted by Gasteiger charge is -2.36. The molecular weight excluding hydrogens is 425 g/mol. The molecule has 0 unspecified atom stereocenters. The van der Waals surface area contributed by atoms with Crippen molar-refractivity contribution < 1.29 is 31.8 Å². The fourth-order valence-electron chi connectivity index (χ4n) is 3.74. The third kappa shape index (κ3) is 4.67. The van der Waals surface area contributed by atoms with Crippen LogP contribution in [0.25, 0.3) is 0 Å². The summed E-state index contributed by atoms with van der Waals surface area (Å²) in [6.07, 6.45) is 0.171. The van der Waals surface area contributed by atoms with Crippen molar-refractivity contribution in [1.29, 1.82) is 0 Å². The molecule has 0 saturated heterocycles. The summed E-state index contributed by atoms with van der Waals surface area (Å²) in [5, 5.41) is 0. The molecule has 1 atom stereocenters. The number of sulfonamides is 1. The van der Waals surface area contributed by atoms with Crippen molar-refractivity contribution in [1.82, 2.24) is 4.31 Å². The number of halogens is 1. The average Bonchev–Trinajstić information content (AvgIpc) is 2.74. The quantitative estimate of drug-likeness (QED) is 0.572. The second kappa shape index (κ2) is 9.65. The van der Waals surface area contributed by atoms with E-state index in [9.17, 15) is 17.6 Å². The third-order valence-electron chi connectivity index (χ3n) is 5.12. The van der Waals surface area contributed by atoms with Gasteiger partial charge in [-0.05, 0) is 55.7 Å². The summed E-state index contributed by atoms with van der Waals surface area (Å²) in [6, 6.07) is 7.87. The minimum absolute atomic E-state index is 0.0882. The molecule has 0 aromatic heterocycles. The van der Waals surface area contributed by atoms with Crippen molar-refractivity contribution in [2.75, 3.05) is 26.9 Å². The van der Waals surface area contributed by atoms with E-state index in [1.54, 1.807) is 6.07 Å². The topological polar surface area (TPSA) is 82.1 Å². The Balaban J connectivity index is 2.13. The van der Waals surface area contributed by atoms with Crippen LogP contribution in [0.2, 0.25) is 0 Å². The molecule has 0 N–H and O–H groups in total. The Morgan fingerprint density at radius 3 is 2.39 bits per heavy atom. The highest BCUT2D eigenvalue weighted by molar-refractivity contribution is 7.89. The monoisotopic (exact) mass is 451 g/mol. The van der Waals surface area contributed by atoms with Crippen LogP contribution in [0, 0.1) is 5.82 Å². The standard InChI is InChI=1S/C22H26FNO6S/c1-4-29-19-12-15-10-11-24(31(26,27)21-9-7-6-8-17(21)23)18(14-22(25)28-3)16(15)13-20(19)30-5-2/h6-9,12-13,18H,4-5,10-11,14H2,1-3H3/t18-/m1/s1. The molecule has 7 nitrogen and oxygen atoms in total. The van der Waals surface area contributed by atoms with Crippen LogP contribution in [-0.2, 0) is 26.0 Å². The van der Waals surface area contributed by atoms with E-state index in [1.165, 1.54) is 29.6 Å². The number of nitrogens with zero attached hydrogens (tertiary/aromatic N) is 1. The van der Waals surface area contributed by atoms with Crippen LogP contribution in [0.4, 0.5) is 4.39 Å². The molecule has 1 aliphatic heterocycles. The number of rotatable bonds is 8. The van der Waals surface area contributed by atoms with Gasteiger partial charge in [0.15, 0.2) is 11.5 Å². The third-order valence-corrected chi connectivity index (χ3v) is 7.07. The molecule has 0 aliphatic carbocycles. The fourth-order valence-corrected chi connectivity index (χ4v) is 5.42. The summed E-state index contributed by atoms with van der Waals surface area (Å²) in [5.74, 6) is -0.390. The second-order valence-electron chi connectivity index (χ2n) is 6.96. The Hall–Kier alpha value is -2.65. The largest absolute Gasteiger partial charge is 0.490 e. The van der Waals surface area contributed by atoms with E-state index in [0.717, 1.165) is 11.6 Å². The van der Waals surface area contributed by atoms with Crippen LogP contribution in [0.3, 0.4) is 0 Å². The SMILES string of the molecule is CCOc1cc2c(cc1OCC)[C@@H](CC(=O)OC)N(S(=O)(=O)c1ccccc1F)CC2. The van der Waals surface area contributed by atoms with Gasteiger partial charge in [0.05, 0.1) is 32.8 Å². The molecule has 0 spiro atoms. The maximum Gasteiger partial charge on any atom is 0.307 e. The number of benzene rings is 2. The molecule has 1 heterocycles. The van der Waals surface area contributed by atoms with E-state index in [-0.39, 0.29) is 13.0 Å². The molecule has 3 rings (SSSR count). The minimum atomic E-state index is -4.21. The number of hydrogen-bond donors (Lipinski definition) is 0. The van der Waals surface area contributed by atoms with Crippen LogP contribution < -0.4 is 9.47 Å². The summed E-state index contributed by atoms with van der Waals surface area (Å²) >= 11 is 0. The van der Waals surface area contributed by atoms with Gasteiger partial charge in [0, 0.05) is 6.54 Å². The van der Waals surface area contributed by atoms with E-state index in [2.05, 4.69) is 0 Å². The zero-order valence-electron chi connectivity index (χ0n) is 17.8. The van der Waals surface area contributed by atoms with Gasteiger partial charge in [0.2, 0.25) is 10.0 Å². The number of carbonyl (C=O) groups excluding carboxylic acids is 1. The highest BCUT2D eigenvalue weighted by Gasteiger charge is 2.39. The Labute approximate surface area is 181 Å². The van der Waals surface area contributed by atoms with Gasteiger partial charge in [0.25, 0.3) is 0 Å². The minimum Gasteiger partial charge on any atom is -0.490 e. The van der Waals surface area contributed by atoms with E-state index in [4.69, 9.17) is 14.2 Å². The number of esters is 1. The normalized spacial score (nSPS) is 16.5. The van der Waals surface area contributed by atoms with Crippen molar-refractivity contribution in [2.24, 2.45) is 0 Å². The van der Waals surface area contributed by atoms with Crippen LogP contribution in [0.5, 0.6) is 11.5 Å². The van der Waals surface area contributed by atoms with Crippen molar-refractivity contribution >= 4 is 16.0 Å². The second-order valence-corrected chi connectivity index (χ2v) is 8.81. The molecule has 0 saturated carbocycles. The fraction of sp³-hybridized carbons (Fsp3) is 0.409. The molecule has 0 amide bonds. The number of fused-ring (bicyclic) bond motifs is 1. The number of ether oxygens (including phenoxy) is 3. The average molecular weight is 452 g/mol. The highest BCUT2D eigenvalue weighted by Crippen LogP contribution is 2.42. The number of methoxy groups -OCH3 is 1. The lowest BCUT2D eigenvalue weighted by atomic mass is 9.91. The van der Waals surface area contributed by atoms with Gasteiger partial charge < -0.3 is 14.2 Å². The summed E-state index contributed by atoms with van der Waals surface area (Å²) in [6.45, 7) is 4.61. The van der Waals surface area contributed by atoms with E-state index in [1.807, 2.05) is 19.9 Å². The molecule has 168 valence electrons. The van der Waals surface area contributed by atoms with Crippen molar-refractivity contribution in [3.8, 4) is 11.5 Å². The first-order valence-electron chi connectivity index (χ1n) is 10.1. The highest BCUT2D eigenvalue weighted by atomic mass is 32.2. The van der Waals surface area contributed by atoms with Crippen molar-refractivity contribution in [3.05, 3.63) is 53.3 Å². The molecule has 0 radical (unpaired) electrons. The van der Waals surface area contributed by atoms with Gasteiger partial charge in [-0.25, -0.2) is 12.8 Å². The first-order valence-corrected chi connectivity index (χ1v) is 11.5. The van der Waals surface area contributed by atoms with E-state index >= 15 is 0 Å². The zero-order valence-corrected chi connectivity index (χ0v) is 18.6. The lowest BCUT2D eigenvalue weighted by molar-refractivity contribution is -0.141. The Morgan fingerprint density at radius 1 is 1.13 bits per heavy atom. The summed E-state index contributed by atoms with van der Waals surface area (Å²) in [7, 11) is -2.96. The molecule has 1 aliphatic rings. The molecule has 9 heteroatoms. The Morgan fingerprint density at radius 2 is 1.77 bits per heavy atom. The van der Waals surface area contributed by atoms with Gasteiger partial charge >= 0.3 is 5.97 Å². The Bertz CT molecular complexity index is 1060. The van der Waals surface area contributed by atoms with E-state index < -0.39 is 32.7 Å². The lowest BCUT2D eigenvalue weighted by Crippen LogP contribution is -2.41. The first kappa shape index (κ1) is 23.0. The van der Waals surface area contributed by atoms with Crippen LogP contribution in [-0.4, -0.2) is 45.6 Å². The van der Waals surface area contributed by atoms with Crippen LogP contribution in [0.15, 0.2) is 41.3 Å². The Kier molecular flexibility index (Phi) is 7.17. The summed E-state index contributed by atoms with van der Waals surface area (Å²) < 4.78 is 58.4. The predicted octanol–water partition coefficient (Wildman–Crippen LogP) is 3.47. The maximum atomic E-state index is 14.4. The van der Waals surface area contributed by atoms with Crippen LogP contribution >= 0.6 is 0 Å². The van der Waals surface area contributed by atoms with Crippen molar-refractivity contribution in [2.45, 2.75) is 37.6 Å². The molecule has 0 fully saturated rings. The number of hydrogen-bond acceptors (Lipinski definition) is 6. The smallest absolute Gasteiger partial charge is 0.307 e. The molecule has 2 aromatic rings.